The number of hydrogen-bond acceptors (Lipinski definition) is 10. The molecule has 2 heterocycles. The van der Waals surface area contributed by atoms with Crippen LogP contribution < -0.4 is 0 Å². The molecule has 0 atom stereocenters. The minimum Gasteiger partial charge on any atom is -0.508 e. The van der Waals surface area contributed by atoms with Crippen LogP contribution >= 0.6 is 23.5 Å². The number of benzene rings is 3. The van der Waals surface area contributed by atoms with Crippen LogP contribution in [0.25, 0.3) is 11.4 Å². The molecule has 10 nitrogen and oxygen atoms in total. The molecule has 2 aromatic heterocycles. The molecule has 0 unspecified atom stereocenters. The van der Waals surface area contributed by atoms with E-state index in [2.05, 4.69) is 55.3 Å². The van der Waals surface area contributed by atoms with Gasteiger partial charge in [-0.3, -0.25) is 0 Å². The maximum atomic E-state index is 9.71. The Morgan fingerprint density at radius 1 is 0.618 bits per heavy atom. The fraction of sp³-hybridized carbons (Fsp3) is 0.0909. The fourth-order valence-electron chi connectivity index (χ4n) is 3.14. The second kappa shape index (κ2) is 9.93. The first-order valence-electron chi connectivity index (χ1n) is 10.1. The van der Waals surface area contributed by atoms with E-state index < -0.39 is 0 Å². The third-order valence-corrected chi connectivity index (χ3v) is 6.77. The highest BCUT2D eigenvalue weighted by atomic mass is 32.2. The first-order chi connectivity index (χ1) is 16.7. The second-order valence-corrected chi connectivity index (χ2v) is 9.07. The normalized spacial score (nSPS) is 11.1. The van der Waals surface area contributed by atoms with E-state index in [1.54, 1.807) is 45.8 Å². The quantitative estimate of drug-likeness (QED) is 0.311. The molecular formula is C22H18N8O2S2. The van der Waals surface area contributed by atoms with E-state index in [1.807, 2.05) is 12.1 Å². The summed E-state index contributed by atoms with van der Waals surface area (Å²) >= 11 is 3.03. The molecule has 0 fully saturated rings. The molecule has 0 bridgehead atoms. The lowest BCUT2D eigenvalue weighted by Crippen LogP contribution is -1.99. The van der Waals surface area contributed by atoms with Crippen molar-refractivity contribution in [1.29, 1.82) is 0 Å². The molecule has 2 N–H and O–H groups in total. The van der Waals surface area contributed by atoms with E-state index in [9.17, 15) is 10.2 Å². The summed E-state index contributed by atoms with van der Waals surface area (Å²) in [6.45, 7) is 0. The van der Waals surface area contributed by atoms with Crippen molar-refractivity contribution in [3.05, 3.63) is 83.9 Å². The van der Waals surface area contributed by atoms with E-state index in [0.717, 1.165) is 11.1 Å². The van der Waals surface area contributed by atoms with Gasteiger partial charge in [0, 0.05) is 23.6 Å². The Kier molecular flexibility index (Phi) is 6.40. The molecule has 0 amide bonds. The van der Waals surface area contributed by atoms with Crippen LogP contribution in [0.5, 0.6) is 11.5 Å². The van der Waals surface area contributed by atoms with Gasteiger partial charge < -0.3 is 10.2 Å². The van der Waals surface area contributed by atoms with Gasteiger partial charge in [-0.25, -0.2) is 0 Å². The zero-order valence-electron chi connectivity index (χ0n) is 17.6. The number of thioether (sulfide) groups is 2. The van der Waals surface area contributed by atoms with Crippen LogP contribution in [-0.4, -0.2) is 50.6 Å². The average Bonchev–Trinajstić information content (AvgIpc) is 3.52. The van der Waals surface area contributed by atoms with Gasteiger partial charge in [-0.2, -0.15) is 9.36 Å². The molecule has 5 aromatic rings. The summed E-state index contributed by atoms with van der Waals surface area (Å²) in [6.07, 6.45) is 0. The molecule has 0 aliphatic rings. The minimum atomic E-state index is 0.161. The first kappa shape index (κ1) is 21.9. The zero-order chi connectivity index (χ0) is 23.3. The standard InChI is InChI=1S/C22H18N8O2S2/c31-19-5-1-3-17(11-19)29-21(23-25-27-29)33-13-15-7-9-16(10-8-15)14-34-22-24-26-28-30(22)18-4-2-6-20(32)12-18/h1-12,31-32H,13-14H2. The molecule has 0 saturated carbocycles. The van der Waals surface area contributed by atoms with Crippen LogP contribution in [0.15, 0.2) is 83.1 Å². The largest absolute Gasteiger partial charge is 0.508 e. The second-order valence-electron chi connectivity index (χ2n) is 7.18. The molecule has 34 heavy (non-hydrogen) atoms. The van der Waals surface area contributed by atoms with E-state index in [0.29, 0.717) is 33.2 Å². The predicted molar refractivity (Wildman–Crippen MR) is 127 cm³/mol. The number of aromatic hydroxyl groups is 2. The van der Waals surface area contributed by atoms with Crippen molar-refractivity contribution < 1.29 is 10.2 Å². The van der Waals surface area contributed by atoms with Gasteiger partial charge in [-0.1, -0.05) is 59.9 Å². The monoisotopic (exact) mass is 490 g/mol. The molecule has 5 rings (SSSR count). The highest BCUT2D eigenvalue weighted by Crippen LogP contribution is 2.26. The maximum Gasteiger partial charge on any atom is 0.214 e. The smallest absolute Gasteiger partial charge is 0.214 e. The summed E-state index contributed by atoms with van der Waals surface area (Å²) < 4.78 is 3.21. The summed E-state index contributed by atoms with van der Waals surface area (Å²) in [7, 11) is 0. The highest BCUT2D eigenvalue weighted by molar-refractivity contribution is 7.98. The molecule has 0 aliphatic heterocycles. The Balaban J connectivity index is 1.20. The number of phenolic OH excluding ortho intramolecular Hbond substituents is 2. The van der Waals surface area contributed by atoms with Crippen LogP contribution in [0.1, 0.15) is 11.1 Å². The first-order valence-corrected chi connectivity index (χ1v) is 12.1. The molecule has 0 aliphatic carbocycles. The third kappa shape index (κ3) is 5.02. The number of tetrazole rings is 2. The molecule has 12 heteroatoms. The van der Waals surface area contributed by atoms with Gasteiger partial charge in [0.1, 0.15) is 11.5 Å². The van der Waals surface area contributed by atoms with Gasteiger partial charge in [0.25, 0.3) is 0 Å². The summed E-state index contributed by atoms with van der Waals surface area (Å²) in [4.78, 5) is 0. The predicted octanol–water partition coefficient (Wildman–Crippen LogP) is 3.63. The molecule has 0 spiro atoms. The molecule has 3 aromatic carbocycles. The summed E-state index contributed by atoms with van der Waals surface area (Å²) in [6, 6.07) is 21.9. The molecule has 0 saturated heterocycles. The third-order valence-electron chi connectivity index (χ3n) is 4.79. The lowest BCUT2D eigenvalue weighted by atomic mass is 10.2. The van der Waals surface area contributed by atoms with Crippen molar-refractivity contribution in [2.75, 3.05) is 0 Å². The van der Waals surface area contributed by atoms with Crippen molar-refractivity contribution >= 4 is 23.5 Å². The van der Waals surface area contributed by atoms with Crippen molar-refractivity contribution in [3.63, 3.8) is 0 Å². The highest BCUT2D eigenvalue weighted by Gasteiger charge is 2.11. The van der Waals surface area contributed by atoms with Crippen LogP contribution in [0, 0.1) is 0 Å². The van der Waals surface area contributed by atoms with Gasteiger partial charge in [0.2, 0.25) is 10.3 Å². The Hall–Kier alpha value is -3.90. The Morgan fingerprint density at radius 2 is 1.06 bits per heavy atom. The van der Waals surface area contributed by atoms with Gasteiger partial charge in [0.05, 0.1) is 11.4 Å². The van der Waals surface area contributed by atoms with Crippen molar-refractivity contribution in [3.8, 4) is 22.9 Å². The van der Waals surface area contributed by atoms with Gasteiger partial charge in [0.15, 0.2) is 0 Å². The SMILES string of the molecule is Oc1cccc(-n2nnnc2SCc2ccc(CSc3nnnn3-c3cccc(O)c3)cc2)c1. The number of phenols is 2. The number of nitrogens with zero attached hydrogens (tertiary/aromatic N) is 8. The molecular weight excluding hydrogens is 472 g/mol. The number of rotatable bonds is 8. The number of aromatic nitrogens is 8. The van der Waals surface area contributed by atoms with Crippen molar-refractivity contribution in [2.24, 2.45) is 0 Å². The Bertz CT molecular complexity index is 1300. The van der Waals surface area contributed by atoms with E-state index in [-0.39, 0.29) is 11.5 Å². The van der Waals surface area contributed by atoms with E-state index >= 15 is 0 Å². The topological polar surface area (TPSA) is 128 Å². The zero-order valence-corrected chi connectivity index (χ0v) is 19.3. The van der Waals surface area contributed by atoms with Gasteiger partial charge in [-0.15, -0.1) is 10.2 Å². The summed E-state index contributed by atoms with van der Waals surface area (Å²) in [5, 5.41) is 44.5. The van der Waals surface area contributed by atoms with Crippen molar-refractivity contribution in [1.82, 2.24) is 40.4 Å². The van der Waals surface area contributed by atoms with E-state index in [1.165, 1.54) is 23.5 Å². The molecule has 170 valence electrons. The van der Waals surface area contributed by atoms with Crippen LogP contribution in [0.3, 0.4) is 0 Å². The Labute approximate surface area is 202 Å². The summed E-state index contributed by atoms with van der Waals surface area (Å²) in [5.41, 5.74) is 3.67. The van der Waals surface area contributed by atoms with Crippen molar-refractivity contribution in [2.45, 2.75) is 21.8 Å². The lowest BCUT2D eigenvalue weighted by Gasteiger charge is -2.06. The van der Waals surface area contributed by atoms with Crippen LogP contribution in [0.2, 0.25) is 0 Å². The van der Waals surface area contributed by atoms with E-state index in [4.69, 9.17) is 0 Å². The summed E-state index contributed by atoms with van der Waals surface area (Å²) in [5.74, 6) is 1.71. The minimum absolute atomic E-state index is 0.161. The van der Waals surface area contributed by atoms with Crippen LogP contribution in [0.4, 0.5) is 0 Å². The lowest BCUT2D eigenvalue weighted by molar-refractivity contribution is 0.474. The van der Waals surface area contributed by atoms with Gasteiger partial charge in [-0.05, 0) is 56.2 Å². The number of hydrogen-bond donors (Lipinski definition) is 2. The maximum absolute atomic E-state index is 9.71. The van der Waals surface area contributed by atoms with Crippen LogP contribution in [-0.2, 0) is 11.5 Å². The Morgan fingerprint density at radius 3 is 1.47 bits per heavy atom. The fourth-order valence-corrected chi connectivity index (χ4v) is 4.83. The molecule has 0 radical (unpaired) electrons. The van der Waals surface area contributed by atoms with Gasteiger partial charge >= 0.3 is 0 Å². The average molecular weight is 491 g/mol.